The third-order valence-electron chi connectivity index (χ3n) is 3.07. The number of methoxy groups -OCH3 is 1. The molecule has 0 spiro atoms. The van der Waals surface area contributed by atoms with E-state index in [1.807, 2.05) is 18.7 Å². The first-order chi connectivity index (χ1) is 7.50. The molecule has 1 aliphatic rings. The first kappa shape index (κ1) is 13.4. The molecule has 0 aromatic heterocycles. The Balaban J connectivity index is 2.57. The van der Waals surface area contributed by atoms with E-state index in [2.05, 4.69) is 5.32 Å². The topological polar surface area (TPSA) is 67.6 Å². The van der Waals surface area contributed by atoms with Gasteiger partial charge in [-0.05, 0) is 13.8 Å². The molecular formula is C11H23N3O2. The minimum Gasteiger partial charge on any atom is -0.378 e. The molecule has 1 atom stereocenters. The van der Waals surface area contributed by atoms with Crippen molar-refractivity contribution >= 4 is 5.91 Å². The van der Waals surface area contributed by atoms with E-state index in [1.54, 1.807) is 7.11 Å². The highest BCUT2D eigenvalue weighted by Gasteiger charge is 2.29. The molecule has 5 nitrogen and oxygen atoms in total. The number of nitrogens with one attached hydrogen (secondary N) is 1. The highest BCUT2D eigenvalue weighted by atomic mass is 16.5. The lowest BCUT2D eigenvalue weighted by atomic mass is 10.0. The van der Waals surface area contributed by atoms with Gasteiger partial charge in [-0.3, -0.25) is 4.79 Å². The van der Waals surface area contributed by atoms with Gasteiger partial charge in [0.15, 0.2) is 0 Å². The number of hydrogen-bond acceptors (Lipinski definition) is 4. The minimum atomic E-state index is -0.402. The average Bonchev–Trinajstić information content (AvgIpc) is 2.28. The number of hydrogen-bond donors (Lipinski definition) is 2. The fourth-order valence-electron chi connectivity index (χ4n) is 1.84. The molecule has 0 aliphatic carbocycles. The second kappa shape index (κ2) is 5.61. The van der Waals surface area contributed by atoms with Crippen molar-refractivity contribution in [2.24, 2.45) is 5.73 Å². The highest BCUT2D eigenvalue weighted by molar-refractivity contribution is 5.77. The first-order valence-electron chi connectivity index (χ1n) is 5.75. The number of nitrogens with zero attached hydrogens (tertiary/aromatic N) is 1. The summed E-state index contributed by atoms with van der Waals surface area (Å²) < 4.78 is 5.27. The maximum atomic E-state index is 12.1. The summed E-state index contributed by atoms with van der Waals surface area (Å²) in [6.07, 6.45) is 0.403. The smallest absolute Gasteiger partial charge is 0.225 e. The Kier molecular flexibility index (Phi) is 4.70. The quantitative estimate of drug-likeness (QED) is 0.686. The van der Waals surface area contributed by atoms with E-state index in [-0.39, 0.29) is 11.9 Å². The number of rotatable bonds is 4. The monoisotopic (exact) mass is 229 g/mol. The SMILES string of the molecule is COC(C)(C)CC(=O)N1CCNCC1CN. The van der Waals surface area contributed by atoms with Crippen molar-refractivity contribution in [2.45, 2.75) is 31.9 Å². The molecule has 1 aliphatic heterocycles. The number of nitrogens with two attached hydrogens (primary N) is 1. The summed E-state index contributed by atoms with van der Waals surface area (Å²) in [7, 11) is 1.63. The second-order valence-electron chi connectivity index (χ2n) is 4.82. The molecule has 1 saturated heterocycles. The van der Waals surface area contributed by atoms with E-state index < -0.39 is 5.60 Å². The molecule has 0 bridgehead atoms. The van der Waals surface area contributed by atoms with Gasteiger partial charge in [-0.15, -0.1) is 0 Å². The lowest BCUT2D eigenvalue weighted by Crippen LogP contribution is -2.57. The van der Waals surface area contributed by atoms with Gasteiger partial charge in [0.05, 0.1) is 18.1 Å². The van der Waals surface area contributed by atoms with Crippen molar-refractivity contribution in [3.63, 3.8) is 0 Å². The second-order valence-corrected chi connectivity index (χ2v) is 4.82. The summed E-state index contributed by atoms with van der Waals surface area (Å²) in [6.45, 7) is 6.72. The Morgan fingerprint density at radius 2 is 2.31 bits per heavy atom. The lowest BCUT2D eigenvalue weighted by molar-refractivity contribution is -0.139. The van der Waals surface area contributed by atoms with Crippen LogP contribution in [0.4, 0.5) is 0 Å². The van der Waals surface area contributed by atoms with Gasteiger partial charge in [-0.1, -0.05) is 0 Å². The fourth-order valence-corrected chi connectivity index (χ4v) is 1.84. The molecule has 5 heteroatoms. The number of amides is 1. The van der Waals surface area contributed by atoms with Crippen LogP contribution >= 0.6 is 0 Å². The van der Waals surface area contributed by atoms with Gasteiger partial charge < -0.3 is 20.7 Å². The highest BCUT2D eigenvalue weighted by Crippen LogP contribution is 2.16. The Labute approximate surface area is 97.3 Å². The van der Waals surface area contributed by atoms with Crippen molar-refractivity contribution in [2.75, 3.05) is 33.3 Å². The molecule has 1 heterocycles. The van der Waals surface area contributed by atoms with Gasteiger partial charge in [0.1, 0.15) is 0 Å². The number of piperazine rings is 1. The van der Waals surface area contributed by atoms with E-state index in [9.17, 15) is 4.79 Å². The average molecular weight is 229 g/mol. The molecule has 0 saturated carbocycles. The van der Waals surface area contributed by atoms with Crippen LogP contribution in [0.2, 0.25) is 0 Å². The van der Waals surface area contributed by atoms with Crippen LogP contribution in [-0.4, -0.2) is 55.7 Å². The Hall–Kier alpha value is -0.650. The maximum absolute atomic E-state index is 12.1. The third kappa shape index (κ3) is 3.43. The largest absolute Gasteiger partial charge is 0.378 e. The van der Waals surface area contributed by atoms with Gasteiger partial charge in [0, 0.05) is 33.3 Å². The van der Waals surface area contributed by atoms with Gasteiger partial charge >= 0.3 is 0 Å². The minimum absolute atomic E-state index is 0.119. The lowest BCUT2D eigenvalue weighted by Gasteiger charge is -2.37. The molecule has 1 rings (SSSR count). The van der Waals surface area contributed by atoms with Crippen LogP contribution < -0.4 is 11.1 Å². The summed E-state index contributed by atoms with van der Waals surface area (Å²) in [4.78, 5) is 14.0. The molecule has 1 unspecified atom stereocenters. The molecule has 16 heavy (non-hydrogen) atoms. The zero-order chi connectivity index (χ0) is 12.2. The van der Waals surface area contributed by atoms with E-state index in [0.29, 0.717) is 13.0 Å². The van der Waals surface area contributed by atoms with Crippen molar-refractivity contribution in [1.82, 2.24) is 10.2 Å². The van der Waals surface area contributed by atoms with Crippen molar-refractivity contribution in [1.29, 1.82) is 0 Å². The van der Waals surface area contributed by atoms with Crippen molar-refractivity contribution < 1.29 is 9.53 Å². The molecule has 1 fully saturated rings. The van der Waals surface area contributed by atoms with Crippen LogP contribution in [0.1, 0.15) is 20.3 Å². The van der Waals surface area contributed by atoms with Crippen LogP contribution in [0.15, 0.2) is 0 Å². The van der Waals surface area contributed by atoms with Gasteiger partial charge in [0.25, 0.3) is 0 Å². The summed E-state index contributed by atoms with van der Waals surface area (Å²) in [6, 6.07) is 0.119. The zero-order valence-corrected chi connectivity index (χ0v) is 10.5. The molecule has 0 radical (unpaired) electrons. The van der Waals surface area contributed by atoms with Crippen LogP contribution in [-0.2, 0) is 9.53 Å². The maximum Gasteiger partial charge on any atom is 0.225 e. The normalized spacial score (nSPS) is 22.2. The number of carbonyl (C=O) groups is 1. The van der Waals surface area contributed by atoms with Gasteiger partial charge in [-0.25, -0.2) is 0 Å². The summed E-state index contributed by atoms with van der Waals surface area (Å²) in [5.41, 5.74) is 5.26. The van der Waals surface area contributed by atoms with E-state index >= 15 is 0 Å². The summed E-state index contributed by atoms with van der Waals surface area (Å²) in [5.74, 6) is 0.129. The van der Waals surface area contributed by atoms with Crippen LogP contribution in [0.3, 0.4) is 0 Å². The summed E-state index contributed by atoms with van der Waals surface area (Å²) >= 11 is 0. The van der Waals surface area contributed by atoms with Crippen molar-refractivity contribution in [3.05, 3.63) is 0 Å². The Morgan fingerprint density at radius 1 is 1.62 bits per heavy atom. The van der Waals surface area contributed by atoms with Crippen LogP contribution in [0.5, 0.6) is 0 Å². The van der Waals surface area contributed by atoms with E-state index in [0.717, 1.165) is 19.6 Å². The molecule has 3 N–H and O–H groups in total. The van der Waals surface area contributed by atoms with Crippen molar-refractivity contribution in [3.8, 4) is 0 Å². The van der Waals surface area contributed by atoms with Gasteiger partial charge in [0.2, 0.25) is 5.91 Å². The first-order valence-corrected chi connectivity index (χ1v) is 5.75. The van der Waals surface area contributed by atoms with Gasteiger partial charge in [-0.2, -0.15) is 0 Å². The predicted octanol–water partition coefficient (Wildman–Crippen LogP) is -0.439. The third-order valence-corrected chi connectivity index (χ3v) is 3.07. The standard InChI is InChI=1S/C11H23N3O2/c1-11(2,16-3)6-10(15)14-5-4-13-8-9(14)7-12/h9,13H,4-8,12H2,1-3H3. The number of ether oxygens (including phenoxy) is 1. The Bertz CT molecular complexity index is 243. The summed E-state index contributed by atoms with van der Waals surface area (Å²) in [5, 5.41) is 3.24. The molecule has 0 aromatic rings. The molecule has 0 aromatic carbocycles. The Morgan fingerprint density at radius 3 is 2.88 bits per heavy atom. The van der Waals surface area contributed by atoms with E-state index in [4.69, 9.17) is 10.5 Å². The zero-order valence-electron chi connectivity index (χ0n) is 10.5. The van der Waals surface area contributed by atoms with Crippen LogP contribution in [0.25, 0.3) is 0 Å². The van der Waals surface area contributed by atoms with Crippen LogP contribution in [0, 0.1) is 0 Å². The number of carbonyl (C=O) groups excluding carboxylic acids is 1. The molecule has 94 valence electrons. The molecule has 1 amide bonds. The predicted molar refractivity (Wildman–Crippen MR) is 63.1 cm³/mol. The van der Waals surface area contributed by atoms with E-state index in [1.165, 1.54) is 0 Å². The fraction of sp³-hybridized carbons (Fsp3) is 0.909. The molecular weight excluding hydrogens is 206 g/mol.